The molecule has 0 radical (unpaired) electrons. The highest BCUT2D eigenvalue weighted by molar-refractivity contribution is 6.30. The number of carbonyl (C=O) groups excluding carboxylic acids is 4. The second-order valence-corrected chi connectivity index (χ2v) is 6.22. The van der Waals surface area contributed by atoms with Crippen molar-refractivity contribution in [2.75, 3.05) is 14.1 Å². The Labute approximate surface area is 153 Å². The minimum atomic E-state index is -0.693. The highest BCUT2D eigenvalue weighted by Gasteiger charge is 2.38. The number of rotatable bonds is 2. The highest BCUT2D eigenvalue weighted by Crippen LogP contribution is 2.29. The fraction of sp³-hybridized carbons (Fsp3) is 0.158. The molecule has 0 unspecified atom stereocenters. The summed E-state index contributed by atoms with van der Waals surface area (Å²) >= 11 is 0. The Morgan fingerprint density at radius 3 is 2.37 bits per heavy atom. The number of furan rings is 1. The van der Waals surface area contributed by atoms with Crippen molar-refractivity contribution in [3.8, 4) is 11.3 Å². The predicted molar refractivity (Wildman–Crippen MR) is 92.2 cm³/mol. The molecule has 8 heteroatoms. The molecule has 8 nitrogen and oxygen atoms in total. The number of likely N-dealkylation sites (N-methyl/N-ethyl adjacent to an activating group) is 2. The molecule has 4 rings (SSSR count). The van der Waals surface area contributed by atoms with E-state index in [2.05, 4.69) is 0 Å². The van der Waals surface area contributed by atoms with Gasteiger partial charge < -0.3 is 9.15 Å². The first-order valence-corrected chi connectivity index (χ1v) is 8.09. The van der Waals surface area contributed by atoms with Crippen molar-refractivity contribution in [2.45, 2.75) is 6.61 Å². The van der Waals surface area contributed by atoms with Gasteiger partial charge in [-0.1, -0.05) is 12.1 Å². The lowest BCUT2D eigenvalue weighted by atomic mass is 10.0. The van der Waals surface area contributed by atoms with Crippen LogP contribution < -0.4 is 0 Å². The quantitative estimate of drug-likeness (QED) is 0.458. The van der Waals surface area contributed by atoms with Crippen LogP contribution in [0.25, 0.3) is 17.4 Å². The topological polar surface area (TPSA) is 97.1 Å². The SMILES string of the molecule is CN1C(=O)C(=Cc2ccc(-c3ccc4c(c3)C(=O)OC4)o2)C(=O)N(C)C1=O. The van der Waals surface area contributed by atoms with Crippen LogP contribution >= 0.6 is 0 Å². The van der Waals surface area contributed by atoms with Gasteiger partial charge in [0.05, 0.1) is 5.56 Å². The summed E-state index contributed by atoms with van der Waals surface area (Å²) in [7, 11) is 2.61. The van der Waals surface area contributed by atoms with Gasteiger partial charge >= 0.3 is 12.0 Å². The molecule has 136 valence electrons. The molecule has 1 aromatic heterocycles. The maximum absolute atomic E-state index is 12.2. The molecule has 0 saturated carbocycles. The first-order chi connectivity index (χ1) is 12.9. The number of carbonyl (C=O) groups is 4. The van der Waals surface area contributed by atoms with Gasteiger partial charge in [0.2, 0.25) is 0 Å². The number of fused-ring (bicyclic) bond motifs is 1. The Bertz CT molecular complexity index is 1020. The van der Waals surface area contributed by atoms with Crippen molar-refractivity contribution >= 4 is 29.9 Å². The molecule has 1 fully saturated rings. The van der Waals surface area contributed by atoms with Crippen LogP contribution in [0.4, 0.5) is 4.79 Å². The largest absolute Gasteiger partial charge is 0.457 e. The molecule has 2 aromatic rings. The number of imide groups is 2. The van der Waals surface area contributed by atoms with Crippen LogP contribution in [0, 0.1) is 0 Å². The van der Waals surface area contributed by atoms with E-state index in [1.807, 2.05) is 0 Å². The van der Waals surface area contributed by atoms with Crippen molar-refractivity contribution in [1.29, 1.82) is 0 Å². The van der Waals surface area contributed by atoms with Gasteiger partial charge in [0, 0.05) is 25.2 Å². The zero-order chi connectivity index (χ0) is 19.3. The molecule has 4 amide bonds. The first-order valence-electron chi connectivity index (χ1n) is 8.09. The Morgan fingerprint density at radius 1 is 0.963 bits per heavy atom. The standard InChI is InChI=1S/C19H14N2O6/c1-20-16(22)14(17(23)21(2)19(20)25)8-12-5-6-15(27-12)10-3-4-11-9-26-18(24)13(11)7-10/h3-8H,9H2,1-2H3. The number of nitrogens with zero attached hydrogens (tertiary/aromatic N) is 2. The molecule has 2 aliphatic heterocycles. The molecule has 0 bridgehead atoms. The van der Waals surface area contributed by atoms with Crippen molar-refractivity contribution in [3.05, 3.63) is 52.8 Å². The van der Waals surface area contributed by atoms with Gasteiger partial charge in [-0.05, 0) is 24.3 Å². The molecule has 0 N–H and O–H groups in total. The van der Waals surface area contributed by atoms with Gasteiger partial charge in [-0.15, -0.1) is 0 Å². The van der Waals surface area contributed by atoms with Gasteiger partial charge in [-0.3, -0.25) is 19.4 Å². The first kappa shape index (κ1) is 16.8. The summed E-state index contributed by atoms with van der Waals surface area (Å²) in [6.07, 6.45) is 1.30. The van der Waals surface area contributed by atoms with E-state index in [1.165, 1.54) is 20.2 Å². The fourth-order valence-electron chi connectivity index (χ4n) is 2.97. The van der Waals surface area contributed by atoms with E-state index in [0.717, 1.165) is 15.4 Å². The average Bonchev–Trinajstić information content (AvgIpc) is 3.29. The van der Waals surface area contributed by atoms with Crippen LogP contribution in [0.5, 0.6) is 0 Å². The second-order valence-electron chi connectivity index (χ2n) is 6.22. The number of ether oxygens (including phenoxy) is 1. The van der Waals surface area contributed by atoms with Gasteiger partial charge in [0.1, 0.15) is 23.7 Å². The second kappa shape index (κ2) is 5.94. The van der Waals surface area contributed by atoms with Crippen LogP contribution in [0.15, 0.2) is 40.3 Å². The third-order valence-corrected chi connectivity index (χ3v) is 4.53. The molecule has 2 aliphatic rings. The Hall–Kier alpha value is -3.68. The Kier molecular flexibility index (Phi) is 3.69. The van der Waals surface area contributed by atoms with Crippen LogP contribution in [0.3, 0.4) is 0 Å². The van der Waals surface area contributed by atoms with Crippen LogP contribution in [-0.4, -0.2) is 47.7 Å². The van der Waals surface area contributed by atoms with Crippen molar-refractivity contribution in [2.24, 2.45) is 0 Å². The molecule has 0 atom stereocenters. The Morgan fingerprint density at radius 2 is 1.67 bits per heavy atom. The summed E-state index contributed by atoms with van der Waals surface area (Å²) < 4.78 is 10.7. The lowest BCUT2D eigenvalue weighted by Crippen LogP contribution is -2.52. The fourth-order valence-corrected chi connectivity index (χ4v) is 2.97. The minimum absolute atomic E-state index is 0.168. The van der Waals surface area contributed by atoms with E-state index >= 15 is 0 Å². The third-order valence-electron chi connectivity index (χ3n) is 4.53. The molecule has 0 aliphatic carbocycles. The zero-order valence-electron chi connectivity index (χ0n) is 14.5. The van der Waals surface area contributed by atoms with Gasteiger partial charge in [-0.25, -0.2) is 9.59 Å². The van der Waals surface area contributed by atoms with E-state index in [9.17, 15) is 19.2 Å². The summed E-state index contributed by atoms with van der Waals surface area (Å²) in [6.45, 7) is 0.258. The minimum Gasteiger partial charge on any atom is -0.457 e. The monoisotopic (exact) mass is 366 g/mol. The molecule has 27 heavy (non-hydrogen) atoms. The van der Waals surface area contributed by atoms with Crippen LogP contribution in [0.2, 0.25) is 0 Å². The smallest absolute Gasteiger partial charge is 0.338 e. The lowest BCUT2D eigenvalue weighted by molar-refractivity contribution is -0.134. The molecular weight excluding hydrogens is 352 g/mol. The van der Waals surface area contributed by atoms with Crippen LogP contribution in [0.1, 0.15) is 21.7 Å². The summed E-state index contributed by atoms with van der Waals surface area (Å²) in [6, 6.07) is 7.85. The maximum Gasteiger partial charge on any atom is 0.338 e. The van der Waals surface area contributed by atoms with Crippen molar-refractivity contribution < 1.29 is 28.3 Å². The molecule has 1 saturated heterocycles. The van der Waals surface area contributed by atoms with Gasteiger partial charge in [-0.2, -0.15) is 0 Å². The summed E-state index contributed by atoms with van der Waals surface area (Å²) in [4.78, 5) is 49.7. The number of hydrogen-bond acceptors (Lipinski definition) is 6. The zero-order valence-corrected chi connectivity index (χ0v) is 14.5. The Balaban J connectivity index is 1.67. The summed E-state index contributed by atoms with van der Waals surface area (Å²) in [5.41, 5.74) is 1.80. The van der Waals surface area contributed by atoms with Crippen molar-refractivity contribution in [3.63, 3.8) is 0 Å². The highest BCUT2D eigenvalue weighted by atomic mass is 16.5. The number of hydrogen-bond donors (Lipinski definition) is 0. The normalized spacial score (nSPS) is 16.7. The van der Waals surface area contributed by atoms with E-state index in [4.69, 9.17) is 9.15 Å². The number of barbiturate groups is 1. The molecule has 1 aromatic carbocycles. The summed E-state index contributed by atoms with van der Waals surface area (Å²) in [5, 5.41) is 0. The number of benzene rings is 1. The van der Waals surface area contributed by atoms with E-state index < -0.39 is 17.8 Å². The number of cyclic esters (lactones) is 1. The van der Waals surface area contributed by atoms with Crippen molar-refractivity contribution in [1.82, 2.24) is 9.80 Å². The van der Waals surface area contributed by atoms with E-state index in [1.54, 1.807) is 30.3 Å². The lowest BCUT2D eigenvalue weighted by Gasteiger charge is -2.28. The molecular formula is C19H14N2O6. The maximum atomic E-state index is 12.2. The average molecular weight is 366 g/mol. The van der Waals surface area contributed by atoms with Crippen LogP contribution in [-0.2, 0) is 20.9 Å². The predicted octanol–water partition coefficient (Wildman–Crippen LogP) is 2.05. The van der Waals surface area contributed by atoms with Gasteiger partial charge in [0.15, 0.2) is 0 Å². The number of esters is 1. The number of amides is 4. The van der Waals surface area contributed by atoms with E-state index in [0.29, 0.717) is 16.9 Å². The molecule has 0 spiro atoms. The number of urea groups is 1. The molecule has 3 heterocycles. The van der Waals surface area contributed by atoms with Gasteiger partial charge in [0.25, 0.3) is 11.8 Å². The third kappa shape index (κ3) is 2.62. The van der Waals surface area contributed by atoms with E-state index in [-0.39, 0.29) is 23.9 Å². The summed E-state index contributed by atoms with van der Waals surface area (Å²) in [5.74, 6) is -1.02.